The number of rotatable bonds is 7. The van der Waals surface area contributed by atoms with Gasteiger partial charge in [0.1, 0.15) is 11.8 Å². The van der Waals surface area contributed by atoms with Crippen molar-refractivity contribution in [2.45, 2.75) is 90.1 Å². The smallest absolute Gasteiger partial charge is 0.416 e. The second-order valence-electron chi connectivity index (χ2n) is 12.5. The van der Waals surface area contributed by atoms with Crippen molar-refractivity contribution in [2.24, 2.45) is 17.3 Å². The summed E-state index contributed by atoms with van der Waals surface area (Å²) < 4.78 is 46.4. The van der Waals surface area contributed by atoms with Gasteiger partial charge >= 0.3 is 12.1 Å². The maximum atomic E-state index is 14.2. The van der Waals surface area contributed by atoms with Crippen molar-refractivity contribution < 1.29 is 32.6 Å². The molecule has 9 heteroatoms. The van der Waals surface area contributed by atoms with E-state index in [1.807, 2.05) is 51.1 Å². The van der Waals surface area contributed by atoms with Gasteiger partial charge in [0.05, 0.1) is 18.7 Å². The van der Waals surface area contributed by atoms with Crippen LogP contribution in [0.4, 0.5) is 13.2 Å². The van der Waals surface area contributed by atoms with E-state index in [1.165, 1.54) is 13.2 Å². The van der Waals surface area contributed by atoms with E-state index < -0.39 is 53.2 Å². The quantitative estimate of drug-likeness (QED) is 0.372. The highest BCUT2D eigenvalue weighted by atomic mass is 19.4. The maximum Gasteiger partial charge on any atom is 0.416 e. The van der Waals surface area contributed by atoms with Crippen LogP contribution in [0.5, 0.6) is 5.75 Å². The number of hydrogen-bond donors (Lipinski definition) is 2. The molecule has 1 aliphatic carbocycles. The Morgan fingerprint density at radius 2 is 1.66 bits per heavy atom. The fourth-order valence-corrected chi connectivity index (χ4v) is 6.87. The number of nitrogens with one attached hydrogen (secondary N) is 1. The predicted octanol–water partition coefficient (Wildman–Crippen LogP) is 7.01. The van der Waals surface area contributed by atoms with Crippen molar-refractivity contribution in [3.05, 3.63) is 65.2 Å². The Balaban J connectivity index is 1.85. The number of alkyl halides is 3. The first-order chi connectivity index (χ1) is 19.3. The highest BCUT2D eigenvalue weighted by Gasteiger charge is 2.58. The first-order valence-electron chi connectivity index (χ1n) is 14.4. The average Bonchev–Trinajstić information content (AvgIpc) is 3.28. The number of carbonyl (C=O) groups is 2. The number of carboxylic acid groups (broad SMARTS) is 1. The van der Waals surface area contributed by atoms with Gasteiger partial charge in [-0.25, -0.2) is 4.79 Å². The summed E-state index contributed by atoms with van der Waals surface area (Å²) in [5, 5.41) is 14.2. The summed E-state index contributed by atoms with van der Waals surface area (Å²) in [6, 6.07) is 9.77. The minimum atomic E-state index is -4.54. The van der Waals surface area contributed by atoms with E-state index in [-0.39, 0.29) is 11.8 Å². The Kier molecular flexibility index (Phi) is 9.07. The molecule has 6 nitrogen and oxygen atoms in total. The number of methoxy groups -OCH3 is 1. The van der Waals surface area contributed by atoms with Crippen molar-refractivity contribution in [3.63, 3.8) is 0 Å². The standard InChI is InChI=1S/C32H41F3N2O4/c1-19(23-18-22(32(33,34)35)16-17-24(23)41-5)36-26-25(31(2,3)4)28(30(39)40)37(27(26)20-12-8-6-9-13-20)29(38)21-14-10-7-11-15-21/h6,8-9,12-13,16-19,21,25-28,36H,7,10-11,14-15H2,1-5H3,(H,39,40)/t19?,25-,26-,27-,28-/m1/s1. The number of halogens is 3. The van der Waals surface area contributed by atoms with Gasteiger partial charge in [-0.2, -0.15) is 13.2 Å². The van der Waals surface area contributed by atoms with Crippen molar-refractivity contribution in [2.75, 3.05) is 7.11 Å². The van der Waals surface area contributed by atoms with E-state index in [9.17, 15) is 27.9 Å². The van der Waals surface area contributed by atoms with Gasteiger partial charge in [0.25, 0.3) is 0 Å². The minimum absolute atomic E-state index is 0.159. The maximum absolute atomic E-state index is 14.2. The molecular weight excluding hydrogens is 533 g/mol. The lowest BCUT2D eigenvalue weighted by molar-refractivity contribution is -0.154. The van der Waals surface area contributed by atoms with Gasteiger partial charge < -0.3 is 20.1 Å². The molecule has 2 aromatic rings. The van der Waals surface area contributed by atoms with Gasteiger partial charge in [-0.1, -0.05) is 70.4 Å². The van der Waals surface area contributed by atoms with E-state index in [1.54, 1.807) is 11.8 Å². The highest BCUT2D eigenvalue weighted by molar-refractivity contribution is 5.87. The van der Waals surface area contributed by atoms with Gasteiger partial charge in [0.15, 0.2) is 0 Å². The molecule has 2 aromatic carbocycles. The van der Waals surface area contributed by atoms with Crippen molar-refractivity contribution in [1.29, 1.82) is 0 Å². The number of hydrogen-bond acceptors (Lipinski definition) is 4. The lowest BCUT2D eigenvalue weighted by Crippen LogP contribution is -2.49. The number of likely N-dealkylation sites (tertiary alicyclic amines) is 1. The van der Waals surface area contributed by atoms with Gasteiger partial charge in [0, 0.05) is 29.5 Å². The van der Waals surface area contributed by atoms with Crippen molar-refractivity contribution >= 4 is 11.9 Å². The van der Waals surface area contributed by atoms with E-state index in [0.29, 0.717) is 11.3 Å². The number of benzene rings is 2. The monoisotopic (exact) mass is 574 g/mol. The lowest BCUT2D eigenvalue weighted by atomic mass is 9.72. The average molecular weight is 575 g/mol. The Morgan fingerprint density at radius 3 is 2.20 bits per heavy atom. The molecule has 1 heterocycles. The van der Waals surface area contributed by atoms with E-state index in [0.717, 1.165) is 49.8 Å². The van der Waals surface area contributed by atoms with Crippen molar-refractivity contribution in [1.82, 2.24) is 10.2 Å². The number of nitrogens with zero attached hydrogens (tertiary/aromatic N) is 1. The summed E-state index contributed by atoms with van der Waals surface area (Å²) in [7, 11) is 1.41. The molecule has 2 aliphatic rings. The SMILES string of the molecule is COc1ccc(C(F)(F)F)cc1C(C)N[C@@H]1[C@@H](C(C)(C)C)[C@H](C(=O)O)N(C(=O)C2CCCCC2)[C@@H]1c1ccccc1. The molecule has 0 spiro atoms. The van der Waals surface area contributed by atoms with E-state index in [2.05, 4.69) is 5.32 Å². The van der Waals surface area contributed by atoms with Crippen LogP contribution in [0, 0.1) is 17.3 Å². The predicted molar refractivity (Wildman–Crippen MR) is 150 cm³/mol. The van der Waals surface area contributed by atoms with Gasteiger partial charge in [0.2, 0.25) is 5.91 Å². The summed E-state index contributed by atoms with van der Waals surface area (Å²) in [5.74, 6) is -1.74. The molecule has 1 amide bonds. The van der Waals surface area contributed by atoms with Crippen LogP contribution in [-0.2, 0) is 15.8 Å². The van der Waals surface area contributed by atoms with Crippen LogP contribution < -0.4 is 10.1 Å². The van der Waals surface area contributed by atoms with Crippen LogP contribution in [0.25, 0.3) is 0 Å². The zero-order valence-corrected chi connectivity index (χ0v) is 24.4. The van der Waals surface area contributed by atoms with E-state index >= 15 is 0 Å². The Morgan fingerprint density at radius 1 is 1.02 bits per heavy atom. The van der Waals surface area contributed by atoms with Gasteiger partial charge in [-0.15, -0.1) is 0 Å². The fraction of sp³-hybridized carbons (Fsp3) is 0.562. The number of carboxylic acids is 1. The molecule has 2 N–H and O–H groups in total. The topological polar surface area (TPSA) is 78.9 Å². The van der Waals surface area contributed by atoms with Gasteiger partial charge in [-0.3, -0.25) is 4.79 Å². The summed E-state index contributed by atoms with van der Waals surface area (Å²) >= 11 is 0. The molecule has 2 fully saturated rings. The van der Waals surface area contributed by atoms with Crippen LogP contribution in [0.2, 0.25) is 0 Å². The molecule has 41 heavy (non-hydrogen) atoms. The van der Waals surface area contributed by atoms with Crippen LogP contribution in [0.3, 0.4) is 0 Å². The third kappa shape index (κ3) is 6.40. The molecule has 5 atom stereocenters. The zero-order chi connectivity index (χ0) is 30.1. The lowest BCUT2D eigenvalue weighted by Gasteiger charge is -2.37. The molecule has 0 bridgehead atoms. The molecule has 1 saturated heterocycles. The molecule has 1 saturated carbocycles. The van der Waals surface area contributed by atoms with Crippen LogP contribution in [0.1, 0.15) is 88.6 Å². The Labute approximate surface area is 240 Å². The third-order valence-electron chi connectivity index (χ3n) is 8.74. The second-order valence-corrected chi connectivity index (χ2v) is 12.5. The van der Waals surface area contributed by atoms with Crippen LogP contribution >= 0.6 is 0 Å². The van der Waals surface area contributed by atoms with Gasteiger partial charge in [-0.05, 0) is 48.9 Å². The fourth-order valence-electron chi connectivity index (χ4n) is 6.87. The summed E-state index contributed by atoms with van der Waals surface area (Å²) in [6.45, 7) is 7.61. The Bertz CT molecular complexity index is 1220. The zero-order valence-electron chi connectivity index (χ0n) is 24.4. The normalized spacial score (nSPS) is 24.7. The number of ether oxygens (including phenoxy) is 1. The first-order valence-corrected chi connectivity index (χ1v) is 14.4. The third-order valence-corrected chi connectivity index (χ3v) is 8.74. The largest absolute Gasteiger partial charge is 0.496 e. The Hall–Kier alpha value is -3.07. The molecule has 1 unspecified atom stereocenters. The summed E-state index contributed by atoms with van der Waals surface area (Å²) in [6.07, 6.45) is -0.187. The first kappa shape index (κ1) is 30.9. The van der Waals surface area contributed by atoms with Crippen molar-refractivity contribution in [3.8, 4) is 5.75 Å². The molecule has 224 valence electrons. The number of carbonyl (C=O) groups excluding carboxylic acids is 1. The molecule has 4 rings (SSSR count). The minimum Gasteiger partial charge on any atom is -0.496 e. The van der Waals surface area contributed by atoms with E-state index in [4.69, 9.17) is 4.74 Å². The van der Waals surface area contributed by atoms with Crippen LogP contribution in [0.15, 0.2) is 48.5 Å². The molecule has 0 radical (unpaired) electrons. The number of amides is 1. The summed E-state index contributed by atoms with van der Waals surface area (Å²) in [5.41, 5.74) is -0.258. The highest BCUT2D eigenvalue weighted by Crippen LogP contribution is 2.50. The molecule has 1 aliphatic heterocycles. The number of aliphatic carboxylic acids is 1. The second kappa shape index (κ2) is 12.0. The van der Waals surface area contributed by atoms with Crippen LogP contribution in [-0.4, -0.2) is 41.1 Å². The molecule has 0 aromatic heterocycles. The summed E-state index contributed by atoms with van der Waals surface area (Å²) in [4.78, 5) is 28.8. The molecular formula is C32H41F3N2O4.